The molecular weight excluding hydrogens is 465 g/mol. The van der Waals surface area contributed by atoms with Gasteiger partial charge < -0.3 is 16.0 Å². The number of hydrogen-bond donors (Lipinski definition) is 3. The molecule has 0 spiro atoms. The molecule has 7 heteroatoms. The maximum atomic E-state index is 11.8. The van der Waals surface area contributed by atoms with Gasteiger partial charge >= 0.3 is 0 Å². The first-order valence-electron chi connectivity index (χ1n) is 10.0. The van der Waals surface area contributed by atoms with Gasteiger partial charge in [-0.15, -0.1) is 24.0 Å². The lowest BCUT2D eigenvalue weighted by Gasteiger charge is -2.41. The van der Waals surface area contributed by atoms with Crippen molar-refractivity contribution in [3.63, 3.8) is 0 Å². The highest BCUT2D eigenvalue weighted by atomic mass is 127. The molecule has 1 saturated heterocycles. The van der Waals surface area contributed by atoms with Gasteiger partial charge in [0, 0.05) is 37.8 Å². The van der Waals surface area contributed by atoms with Crippen molar-refractivity contribution in [1.82, 2.24) is 20.9 Å². The van der Waals surface area contributed by atoms with E-state index in [9.17, 15) is 4.79 Å². The molecule has 1 aliphatic rings. The zero-order valence-electron chi connectivity index (χ0n) is 17.7. The molecule has 0 unspecified atom stereocenters. The van der Waals surface area contributed by atoms with Gasteiger partial charge in [0.25, 0.3) is 5.91 Å². The van der Waals surface area contributed by atoms with Crippen molar-refractivity contribution in [2.24, 2.45) is 4.99 Å². The number of amides is 1. The third-order valence-electron chi connectivity index (χ3n) is 5.14. The van der Waals surface area contributed by atoms with Crippen LogP contribution in [0.5, 0.6) is 0 Å². The number of hydrogen-bond acceptors (Lipinski definition) is 3. The summed E-state index contributed by atoms with van der Waals surface area (Å²) in [5.41, 5.74) is 1.90. The Bertz CT molecular complexity index is 624. The summed E-state index contributed by atoms with van der Waals surface area (Å²) in [4.78, 5) is 18.7. The van der Waals surface area contributed by atoms with Crippen molar-refractivity contribution in [1.29, 1.82) is 0 Å². The van der Waals surface area contributed by atoms with E-state index in [1.165, 1.54) is 32.4 Å². The molecule has 2 rings (SSSR count). The van der Waals surface area contributed by atoms with Gasteiger partial charge in [0.05, 0.1) is 0 Å². The molecule has 0 aliphatic carbocycles. The maximum Gasteiger partial charge on any atom is 0.251 e. The molecular formula is C21H36IN5O. The molecule has 6 nitrogen and oxygen atoms in total. The standard InChI is InChI=1S/C21H35N5O.HI/c1-5-23-19(27)18-11-9-17(10-12-18)15-24-20(22-4)25-16-21(2,3)26-13-7-6-8-14-26;/h9-12H,5-8,13-16H2,1-4H3,(H,23,27)(H2,22,24,25);1H. The number of carbonyl (C=O) groups excluding carboxylic acids is 1. The van der Waals surface area contributed by atoms with E-state index in [0.717, 1.165) is 18.1 Å². The second-order valence-electron chi connectivity index (χ2n) is 7.70. The number of benzene rings is 1. The van der Waals surface area contributed by atoms with Crippen molar-refractivity contribution in [2.45, 2.75) is 52.1 Å². The Labute approximate surface area is 187 Å². The smallest absolute Gasteiger partial charge is 0.251 e. The third-order valence-corrected chi connectivity index (χ3v) is 5.14. The maximum absolute atomic E-state index is 11.8. The topological polar surface area (TPSA) is 68.8 Å². The fourth-order valence-electron chi connectivity index (χ4n) is 3.35. The van der Waals surface area contributed by atoms with E-state index >= 15 is 0 Å². The van der Waals surface area contributed by atoms with Gasteiger partial charge in [0.2, 0.25) is 0 Å². The fraction of sp³-hybridized carbons (Fsp3) is 0.619. The first kappa shape index (κ1) is 24.7. The second kappa shape index (κ2) is 12.3. The zero-order chi connectivity index (χ0) is 19.7. The molecule has 0 atom stereocenters. The van der Waals surface area contributed by atoms with E-state index in [0.29, 0.717) is 18.7 Å². The third kappa shape index (κ3) is 7.58. The first-order chi connectivity index (χ1) is 13.0. The summed E-state index contributed by atoms with van der Waals surface area (Å²) < 4.78 is 0. The normalized spacial score (nSPS) is 15.5. The van der Waals surface area contributed by atoms with E-state index in [-0.39, 0.29) is 35.4 Å². The molecule has 158 valence electrons. The van der Waals surface area contributed by atoms with Crippen LogP contribution in [0.2, 0.25) is 0 Å². The van der Waals surface area contributed by atoms with Gasteiger partial charge in [-0.05, 0) is 64.4 Å². The highest BCUT2D eigenvalue weighted by Gasteiger charge is 2.27. The molecule has 1 amide bonds. The number of nitrogens with one attached hydrogen (secondary N) is 3. The Kier molecular flexibility index (Phi) is 10.8. The number of halogens is 1. The van der Waals surface area contributed by atoms with Crippen LogP contribution in [-0.2, 0) is 6.54 Å². The summed E-state index contributed by atoms with van der Waals surface area (Å²) in [7, 11) is 1.79. The molecule has 0 saturated carbocycles. The molecule has 1 heterocycles. The van der Waals surface area contributed by atoms with Crippen LogP contribution >= 0.6 is 24.0 Å². The van der Waals surface area contributed by atoms with Crippen LogP contribution in [0.4, 0.5) is 0 Å². The Morgan fingerprint density at radius 2 is 1.71 bits per heavy atom. The van der Waals surface area contributed by atoms with Crippen molar-refractivity contribution >= 4 is 35.8 Å². The van der Waals surface area contributed by atoms with Crippen LogP contribution in [-0.4, -0.2) is 55.5 Å². The van der Waals surface area contributed by atoms with Crippen molar-refractivity contribution in [3.05, 3.63) is 35.4 Å². The molecule has 1 fully saturated rings. The van der Waals surface area contributed by atoms with Crippen LogP contribution in [0.25, 0.3) is 0 Å². The van der Waals surface area contributed by atoms with Crippen LogP contribution < -0.4 is 16.0 Å². The van der Waals surface area contributed by atoms with Crippen molar-refractivity contribution < 1.29 is 4.79 Å². The monoisotopic (exact) mass is 501 g/mol. The Hall–Kier alpha value is -1.35. The number of nitrogens with zero attached hydrogens (tertiary/aromatic N) is 2. The minimum absolute atomic E-state index is 0. The average molecular weight is 501 g/mol. The summed E-state index contributed by atoms with van der Waals surface area (Å²) in [6.45, 7) is 11.0. The number of piperidine rings is 1. The number of guanidine groups is 1. The summed E-state index contributed by atoms with van der Waals surface area (Å²) in [5.74, 6) is 0.766. The van der Waals surface area contributed by atoms with Gasteiger partial charge in [0.15, 0.2) is 5.96 Å². The van der Waals surface area contributed by atoms with Gasteiger partial charge in [-0.1, -0.05) is 18.6 Å². The molecule has 0 aromatic heterocycles. The lowest BCUT2D eigenvalue weighted by atomic mass is 9.98. The molecule has 1 aliphatic heterocycles. The van der Waals surface area contributed by atoms with Crippen LogP contribution in [0.15, 0.2) is 29.3 Å². The average Bonchev–Trinajstić information content (AvgIpc) is 2.69. The number of aliphatic imine (C=N–C) groups is 1. The van der Waals surface area contributed by atoms with Gasteiger partial charge in [-0.2, -0.15) is 0 Å². The van der Waals surface area contributed by atoms with Gasteiger partial charge in [-0.25, -0.2) is 0 Å². The van der Waals surface area contributed by atoms with E-state index < -0.39 is 0 Å². The molecule has 1 aromatic carbocycles. The van der Waals surface area contributed by atoms with Crippen molar-refractivity contribution in [2.75, 3.05) is 33.2 Å². The number of likely N-dealkylation sites (tertiary alicyclic amines) is 1. The lowest BCUT2D eigenvalue weighted by molar-refractivity contribution is 0.0955. The predicted octanol–water partition coefficient (Wildman–Crippen LogP) is 2.98. The van der Waals surface area contributed by atoms with Crippen LogP contribution in [0.1, 0.15) is 56.0 Å². The molecule has 0 bridgehead atoms. The quantitative estimate of drug-likeness (QED) is 0.305. The Balaban J connectivity index is 0.00000392. The first-order valence-corrected chi connectivity index (χ1v) is 10.0. The highest BCUT2D eigenvalue weighted by molar-refractivity contribution is 14.0. The predicted molar refractivity (Wildman–Crippen MR) is 128 cm³/mol. The van der Waals surface area contributed by atoms with E-state index in [1.54, 1.807) is 7.05 Å². The summed E-state index contributed by atoms with van der Waals surface area (Å²) in [5, 5.41) is 9.62. The molecule has 1 aromatic rings. The Morgan fingerprint density at radius 1 is 1.07 bits per heavy atom. The van der Waals surface area contributed by atoms with Crippen molar-refractivity contribution in [3.8, 4) is 0 Å². The summed E-state index contributed by atoms with van der Waals surface area (Å²) in [6, 6.07) is 7.67. The number of rotatable bonds is 7. The minimum atomic E-state index is -0.0329. The van der Waals surface area contributed by atoms with Crippen LogP contribution in [0.3, 0.4) is 0 Å². The molecule has 0 radical (unpaired) electrons. The largest absolute Gasteiger partial charge is 0.355 e. The second-order valence-corrected chi connectivity index (χ2v) is 7.70. The molecule has 3 N–H and O–H groups in total. The van der Waals surface area contributed by atoms with Crippen LogP contribution in [0, 0.1) is 0 Å². The lowest BCUT2D eigenvalue weighted by Crippen LogP contribution is -2.54. The summed E-state index contributed by atoms with van der Waals surface area (Å²) >= 11 is 0. The minimum Gasteiger partial charge on any atom is -0.355 e. The van der Waals surface area contributed by atoms with Gasteiger partial charge in [-0.3, -0.25) is 14.7 Å². The van der Waals surface area contributed by atoms with E-state index in [4.69, 9.17) is 0 Å². The van der Waals surface area contributed by atoms with E-state index in [1.807, 2.05) is 31.2 Å². The zero-order valence-corrected chi connectivity index (χ0v) is 20.0. The Morgan fingerprint density at radius 3 is 2.29 bits per heavy atom. The fourth-order valence-corrected chi connectivity index (χ4v) is 3.35. The summed E-state index contributed by atoms with van der Waals surface area (Å²) in [6.07, 6.45) is 3.94. The van der Waals surface area contributed by atoms with Gasteiger partial charge in [0.1, 0.15) is 0 Å². The molecule has 28 heavy (non-hydrogen) atoms. The number of carbonyl (C=O) groups is 1. The van der Waals surface area contributed by atoms with E-state index in [2.05, 4.69) is 39.7 Å². The highest BCUT2D eigenvalue weighted by Crippen LogP contribution is 2.19. The SMILES string of the molecule is CCNC(=O)c1ccc(CNC(=NC)NCC(C)(C)N2CCCCC2)cc1.I.